The van der Waals surface area contributed by atoms with E-state index in [4.69, 9.17) is 0 Å². The monoisotopic (exact) mass is 219 g/mol. The van der Waals surface area contributed by atoms with Crippen LogP contribution in [0.15, 0.2) is 36.6 Å². The minimum Gasteiger partial charge on any atom is -0.345 e. The fraction of sp³-hybridized carbons (Fsp3) is 0.231. The maximum atomic E-state index is 13.3. The molecule has 0 aliphatic carbocycles. The number of halogens is 1. The molecule has 1 amide bonds. The van der Waals surface area contributed by atoms with E-state index in [1.54, 1.807) is 26.0 Å². The van der Waals surface area contributed by atoms with Gasteiger partial charge >= 0.3 is 0 Å². The SMILES string of the molecule is C=C=CC(=O)NC(C)c1cccc(F)c1C. The van der Waals surface area contributed by atoms with Crippen molar-refractivity contribution in [2.24, 2.45) is 0 Å². The number of benzene rings is 1. The molecule has 2 nitrogen and oxygen atoms in total. The van der Waals surface area contributed by atoms with Gasteiger partial charge in [-0.3, -0.25) is 4.79 Å². The zero-order valence-electron chi connectivity index (χ0n) is 9.38. The summed E-state index contributed by atoms with van der Waals surface area (Å²) in [7, 11) is 0. The van der Waals surface area contributed by atoms with Crippen molar-refractivity contribution in [3.05, 3.63) is 53.5 Å². The zero-order chi connectivity index (χ0) is 12.1. The number of nitrogens with one attached hydrogen (secondary N) is 1. The Morgan fingerprint density at radius 1 is 1.62 bits per heavy atom. The molecule has 1 unspecified atom stereocenters. The third-order valence-corrected chi connectivity index (χ3v) is 2.37. The van der Waals surface area contributed by atoms with Crippen molar-refractivity contribution in [3.63, 3.8) is 0 Å². The van der Waals surface area contributed by atoms with E-state index < -0.39 is 0 Å². The Hall–Kier alpha value is -1.86. The molecule has 1 rings (SSSR count). The summed E-state index contributed by atoms with van der Waals surface area (Å²) >= 11 is 0. The smallest absolute Gasteiger partial charge is 0.252 e. The number of carbonyl (C=O) groups is 1. The van der Waals surface area contributed by atoms with Crippen LogP contribution in [0.1, 0.15) is 24.1 Å². The van der Waals surface area contributed by atoms with Gasteiger partial charge in [-0.25, -0.2) is 4.39 Å². The summed E-state index contributed by atoms with van der Waals surface area (Å²) in [5.74, 6) is -0.552. The minimum atomic E-state index is -0.286. The quantitative estimate of drug-likeness (QED) is 0.614. The van der Waals surface area contributed by atoms with E-state index in [1.165, 1.54) is 12.1 Å². The third-order valence-electron chi connectivity index (χ3n) is 2.37. The van der Waals surface area contributed by atoms with Gasteiger partial charge in [-0.1, -0.05) is 18.7 Å². The molecule has 0 radical (unpaired) electrons. The van der Waals surface area contributed by atoms with Gasteiger partial charge in [-0.2, -0.15) is 0 Å². The third kappa shape index (κ3) is 2.81. The molecule has 0 bridgehead atoms. The van der Waals surface area contributed by atoms with Gasteiger partial charge in [-0.05, 0) is 31.0 Å². The van der Waals surface area contributed by atoms with E-state index >= 15 is 0 Å². The molecule has 0 saturated heterocycles. The van der Waals surface area contributed by atoms with Gasteiger partial charge in [0, 0.05) is 6.08 Å². The molecule has 0 spiro atoms. The first-order valence-electron chi connectivity index (χ1n) is 4.97. The van der Waals surface area contributed by atoms with Crippen molar-refractivity contribution in [1.82, 2.24) is 5.32 Å². The fourth-order valence-corrected chi connectivity index (χ4v) is 1.52. The lowest BCUT2D eigenvalue weighted by atomic mass is 10.0. The molecule has 0 aliphatic rings. The van der Waals surface area contributed by atoms with Crippen LogP contribution >= 0.6 is 0 Å². The summed E-state index contributed by atoms with van der Waals surface area (Å²) in [5.41, 5.74) is 3.71. The predicted octanol–water partition coefficient (Wildman–Crippen LogP) is 2.65. The van der Waals surface area contributed by atoms with E-state index in [9.17, 15) is 9.18 Å². The molecule has 0 heterocycles. The standard InChI is InChI=1S/C13H14FNO/c1-4-6-13(16)15-10(3)11-7-5-8-12(14)9(11)2/h5-8,10H,1H2,2-3H3,(H,15,16). The van der Waals surface area contributed by atoms with Crippen LogP contribution in [0.2, 0.25) is 0 Å². The molecule has 0 saturated carbocycles. The first kappa shape index (κ1) is 12.2. The van der Waals surface area contributed by atoms with E-state index in [-0.39, 0.29) is 17.8 Å². The molecule has 1 aromatic carbocycles. The molecular weight excluding hydrogens is 205 g/mol. The summed E-state index contributed by atoms with van der Waals surface area (Å²) in [6.45, 7) is 6.80. The number of amides is 1. The van der Waals surface area contributed by atoms with Gasteiger partial charge in [0.1, 0.15) is 5.82 Å². The Morgan fingerprint density at radius 3 is 2.94 bits per heavy atom. The highest BCUT2D eigenvalue weighted by atomic mass is 19.1. The molecule has 0 aromatic heterocycles. The van der Waals surface area contributed by atoms with Crippen LogP contribution in [0.4, 0.5) is 4.39 Å². The van der Waals surface area contributed by atoms with Crippen LogP contribution in [-0.4, -0.2) is 5.91 Å². The van der Waals surface area contributed by atoms with Crippen molar-refractivity contribution < 1.29 is 9.18 Å². The van der Waals surface area contributed by atoms with Gasteiger partial charge in [0.15, 0.2) is 0 Å². The maximum Gasteiger partial charge on any atom is 0.252 e. The largest absolute Gasteiger partial charge is 0.345 e. The van der Waals surface area contributed by atoms with Crippen molar-refractivity contribution in [3.8, 4) is 0 Å². The summed E-state index contributed by atoms with van der Waals surface area (Å²) in [4.78, 5) is 11.3. The number of hydrogen-bond donors (Lipinski definition) is 1. The van der Waals surface area contributed by atoms with Gasteiger partial charge in [0.25, 0.3) is 5.91 Å². The number of hydrogen-bond acceptors (Lipinski definition) is 1. The normalized spacial score (nSPS) is 11.4. The zero-order valence-corrected chi connectivity index (χ0v) is 9.38. The molecule has 3 heteroatoms. The first-order chi connectivity index (χ1) is 7.56. The summed E-state index contributed by atoms with van der Waals surface area (Å²) in [5, 5.41) is 2.70. The van der Waals surface area contributed by atoms with Crippen LogP contribution in [0.25, 0.3) is 0 Å². The van der Waals surface area contributed by atoms with Crippen LogP contribution in [0.3, 0.4) is 0 Å². The molecule has 1 aromatic rings. The Morgan fingerprint density at radius 2 is 2.31 bits per heavy atom. The predicted molar refractivity (Wildman–Crippen MR) is 61.4 cm³/mol. The average molecular weight is 219 g/mol. The maximum absolute atomic E-state index is 13.3. The Bertz CT molecular complexity index is 447. The highest BCUT2D eigenvalue weighted by molar-refractivity contribution is 5.87. The second kappa shape index (κ2) is 5.29. The molecule has 1 N–H and O–H groups in total. The van der Waals surface area contributed by atoms with Crippen LogP contribution in [0.5, 0.6) is 0 Å². The van der Waals surface area contributed by atoms with Crippen molar-refractivity contribution in [2.45, 2.75) is 19.9 Å². The molecule has 0 fully saturated rings. The lowest BCUT2D eigenvalue weighted by molar-refractivity contribution is -0.117. The van der Waals surface area contributed by atoms with Crippen LogP contribution < -0.4 is 5.32 Å². The summed E-state index contributed by atoms with van der Waals surface area (Å²) in [6.07, 6.45) is 1.21. The van der Waals surface area contributed by atoms with E-state index in [1.807, 2.05) is 0 Å². The van der Waals surface area contributed by atoms with Gasteiger partial charge in [0.05, 0.1) is 6.04 Å². The van der Waals surface area contributed by atoms with Crippen LogP contribution in [-0.2, 0) is 4.79 Å². The first-order valence-corrected chi connectivity index (χ1v) is 4.97. The molecular formula is C13H14FNO. The van der Waals surface area contributed by atoms with Gasteiger partial charge in [0.2, 0.25) is 0 Å². The summed E-state index contributed by atoms with van der Waals surface area (Å²) < 4.78 is 13.3. The van der Waals surface area contributed by atoms with Crippen molar-refractivity contribution >= 4 is 5.91 Å². The van der Waals surface area contributed by atoms with E-state index in [0.717, 1.165) is 5.56 Å². The second-order valence-electron chi connectivity index (χ2n) is 3.53. The van der Waals surface area contributed by atoms with E-state index in [2.05, 4.69) is 17.6 Å². The Balaban J connectivity index is 2.88. The fourth-order valence-electron chi connectivity index (χ4n) is 1.52. The molecule has 0 aliphatic heterocycles. The number of rotatable bonds is 3. The van der Waals surface area contributed by atoms with Crippen molar-refractivity contribution in [1.29, 1.82) is 0 Å². The molecule has 84 valence electrons. The van der Waals surface area contributed by atoms with Crippen molar-refractivity contribution in [2.75, 3.05) is 0 Å². The number of carbonyl (C=O) groups excluding carboxylic acids is 1. The van der Waals surface area contributed by atoms with E-state index in [0.29, 0.717) is 5.56 Å². The lowest BCUT2D eigenvalue weighted by Gasteiger charge is -2.15. The molecule has 1 atom stereocenters. The Labute approximate surface area is 94.5 Å². The molecule has 16 heavy (non-hydrogen) atoms. The highest BCUT2D eigenvalue weighted by Gasteiger charge is 2.11. The lowest BCUT2D eigenvalue weighted by Crippen LogP contribution is -2.25. The minimum absolute atomic E-state index is 0.243. The van der Waals surface area contributed by atoms with Gasteiger partial charge < -0.3 is 5.32 Å². The van der Waals surface area contributed by atoms with Crippen LogP contribution in [0, 0.1) is 12.7 Å². The second-order valence-corrected chi connectivity index (χ2v) is 3.53. The highest BCUT2D eigenvalue weighted by Crippen LogP contribution is 2.19. The van der Waals surface area contributed by atoms with Gasteiger partial charge in [-0.15, -0.1) is 5.73 Å². The topological polar surface area (TPSA) is 29.1 Å². The average Bonchev–Trinajstić information content (AvgIpc) is 2.22. The summed E-state index contributed by atoms with van der Waals surface area (Å²) in [6, 6.07) is 4.58. The Kier molecular flexibility index (Phi) is 4.03.